The molecule has 0 spiro atoms. The van der Waals surface area contributed by atoms with Crippen LogP contribution in [-0.4, -0.2) is 20.7 Å². The molecule has 0 radical (unpaired) electrons. The van der Waals surface area contributed by atoms with Crippen LogP contribution in [-0.2, 0) is 6.54 Å². The van der Waals surface area contributed by atoms with Gasteiger partial charge in [0.05, 0.1) is 11.4 Å². The van der Waals surface area contributed by atoms with Crippen molar-refractivity contribution in [3.8, 4) is 10.8 Å². The molecule has 22 heavy (non-hydrogen) atoms. The average Bonchev–Trinajstić information content (AvgIpc) is 3.11. The summed E-state index contributed by atoms with van der Waals surface area (Å²) in [7, 11) is 0. The molecule has 7 nitrogen and oxygen atoms in total. The fourth-order valence-electron chi connectivity index (χ4n) is 1.92. The van der Waals surface area contributed by atoms with Crippen molar-refractivity contribution >= 4 is 17.2 Å². The normalized spacial score (nSPS) is 10.8. The van der Waals surface area contributed by atoms with Gasteiger partial charge in [-0.15, -0.1) is 11.3 Å². The zero-order valence-corrected chi connectivity index (χ0v) is 12.5. The van der Waals surface area contributed by atoms with Crippen molar-refractivity contribution in [2.45, 2.75) is 13.5 Å². The SMILES string of the molecule is Cc1oc(-c2cccs2)nc1Cn1nc(C(N)=O)ccc1=O. The Morgan fingerprint density at radius 1 is 1.41 bits per heavy atom. The van der Waals surface area contributed by atoms with Gasteiger partial charge < -0.3 is 10.2 Å². The van der Waals surface area contributed by atoms with Crippen molar-refractivity contribution in [1.82, 2.24) is 14.8 Å². The number of thiophene rings is 1. The first-order chi connectivity index (χ1) is 10.5. The van der Waals surface area contributed by atoms with E-state index in [1.54, 1.807) is 6.92 Å². The fraction of sp³-hybridized carbons (Fsp3) is 0.143. The second-order valence-electron chi connectivity index (χ2n) is 4.58. The number of rotatable bonds is 4. The van der Waals surface area contributed by atoms with Crippen LogP contribution in [0.5, 0.6) is 0 Å². The first-order valence-corrected chi connectivity index (χ1v) is 7.30. The summed E-state index contributed by atoms with van der Waals surface area (Å²) in [6.45, 7) is 1.88. The molecule has 0 aliphatic heterocycles. The molecule has 0 bridgehead atoms. The van der Waals surface area contributed by atoms with Crippen LogP contribution in [0.1, 0.15) is 21.9 Å². The molecule has 2 N–H and O–H groups in total. The highest BCUT2D eigenvalue weighted by atomic mass is 32.1. The van der Waals surface area contributed by atoms with Crippen LogP contribution in [0.25, 0.3) is 10.8 Å². The number of amides is 1. The molecule has 112 valence electrons. The summed E-state index contributed by atoms with van der Waals surface area (Å²) in [5.41, 5.74) is 5.44. The van der Waals surface area contributed by atoms with Crippen LogP contribution in [0, 0.1) is 6.92 Å². The third-order valence-corrected chi connectivity index (χ3v) is 3.90. The van der Waals surface area contributed by atoms with Gasteiger partial charge in [-0.3, -0.25) is 9.59 Å². The lowest BCUT2D eigenvalue weighted by molar-refractivity contribution is 0.0993. The monoisotopic (exact) mass is 316 g/mol. The van der Waals surface area contributed by atoms with Crippen molar-refractivity contribution in [2.75, 3.05) is 0 Å². The number of nitrogens with two attached hydrogens (primary N) is 1. The van der Waals surface area contributed by atoms with Crippen molar-refractivity contribution in [1.29, 1.82) is 0 Å². The van der Waals surface area contributed by atoms with Crippen LogP contribution in [0.3, 0.4) is 0 Å². The van der Waals surface area contributed by atoms with Crippen LogP contribution in [0.4, 0.5) is 0 Å². The Hall–Kier alpha value is -2.74. The molecule has 3 aromatic heterocycles. The van der Waals surface area contributed by atoms with Crippen LogP contribution in [0.2, 0.25) is 0 Å². The summed E-state index contributed by atoms with van der Waals surface area (Å²) >= 11 is 1.51. The average molecular weight is 316 g/mol. The quantitative estimate of drug-likeness (QED) is 0.783. The number of oxazole rings is 1. The van der Waals surface area contributed by atoms with Gasteiger partial charge in [0.2, 0.25) is 5.89 Å². The molecule has 0 fully saturated rings. The Bertz CT molecular complexity index is 880. The summed E-state index contributed by atoms with van der Waals surface area (Å²) < 4.78 is 6.76. The minimum Gasteiger partial charge on any atom is -0.440 e. The van der Waals surface area contributed by atoms with E-state index < -0.39 is 5.91 Å². The first kappa shape index (κ1) is 14.2. The number of hydrogen-bond acceptors (Lipinski definition) is 6. The first-order valence-electron chi connectivity index (χ1n) is 6.43. The number of primary amides is 1. The van der Waals surface area contributed by atoms with Crippen molar-refractivity contribution in [2.24, 2.45) is 5.73 Å². The number of hydrogen-bond donors (Lipinski definition) is 1. The van der Waals surface area contributed by atoms with Crippen molar-refractivity contribution < 1.29 is 9.21 Å². The zero-order chi connectivity index (χ0) is 15.7. The van der Waals surface area contributed by atoms with Crippen molar-refractivity contribution in [3.05, 3.63) is 57.1 Å². The van der Waals surface area contributed by atoms with Gasteiger partial charge in [-0.25, -0.2) is 9.67 Å². The van der Waals surface area contributed by atoms with Crippen LogP contribution in [0.15, 0.2) is 38.9 Å². The van der Waals surface area contributed by atoms with Crippen molar-refractivity contribution in [3.63, 3.8) is 0 Å². The molecule has 0 saturated heterocycles. The maximum absolute atomic E-state index is 11.8. The molecule has 3 aromatic rings. The van der Waals surface area contributed by atoms with Crippen LogP contribution >= 0.6 is 11.3 Å². The molecule has 0 aliphatic rings. The molecule has 1 amide bonds. The number of nitrogens with zero attached hydrogens (tertiary/aromatic N) is 3. The second-order valence-corrected chi connectivity index (χ2v) is 5.53. The third-order valence-electron chi connectivity index (χ3n) is 3.04. The van der Waals surface area contributed by atoms with E-state index in [0.717, 1.165) is 9.56 Å². The summed E-state index contributed by atoms with van der Waals surface area (Å²) in [5, 5.41) is 5.86. The summed E-state index contributed by atoms with van der Waals surface area (Å²) in [5.74, 6) is 0.410. The zero-order valence-electron chi connectivity index (χ0n) is 11.6. The van der Waals surface area contributed by atoms with E-state index in [1.807, 2.05) is 17.5 Å². The van der Waals surface area contributed by atoms with E-state index in [-0.39, 0.29) is 17.8 Å². The maximum atomic E-state index is 11.8. The van der Waals surface area contributed by atoms with Crippen LogP contribution < -0.4 is 11.3 Å². The lowest BCUT2D eigenvalue weighted by Gasteiger charge is -2.03. The summed E-state index contributed by atoms with van der Waals surface area (Å²) in [6.07, 6.45) is 0. The van der Waals surface area contributed by atoms with E-state index in [4.69, 9.17) is 10.2 Å². The summed E-state index contributed by atoms with van der Waals surface area (Å²) in [4.78, 5) is 28.3. The smallest absolute Gasteiger partial charge is 0.269 e. The van der Waals surface area contributed by atoms with Gasteiger partial charge in [0, 0.05) is 6.07 Å². The van der Waals surface area contributed by atoms with Gasteiger partial charge in [-0.2, -0.15) is 5.10 Å². The Morgan fingerprint density at radius 2 is 2.23 bits per heavy atom. The number of carbonyl (C=O) groups is 1. The molecule has 0 aromatic carbocycles. The van der Waals surface area contributed by atoms with E-state index in [1.165, 1.54) is 23.5 Å². The Kier molecular flexibility index (Phi) is 3.60. The van der Waals surface area contributed by atoms with Gasteiger partial charge in [0.15, 0.2) is 0 Å². The molecule has 0 aliphatic carbocycles. The highest BCUT2D eigenvalue weighted by Gasteiger charge is 2.14. The number of aryl methyl sites for hydroxylation is 1. The van der Waals surface area contributed by atoms with Gasteiger partial charge in [0.1, 0.15) is 17.1 Å². The lowest BCUT2D eigenvalue weighted by Crippen LogP contribution is -2.27. The van der Waals surface area contributed by atoms with Gasteiger partial charge in [0.25, 0.3) is 11.5 Å². The van der Waals surface area contributed by atoms with E-state index >= 15 is 0 Å². The molecular weight excluding hydrogens is 304 g/mol. The highest BCUT2D eigenvalue weighted by Crippen LogP contribution is 2.25. The minimum absolute atomic E-state index is 0.0271. The Labute approximate surface area is 129 Å². The second kappa shape index (κ2) is 5.57. The van der Waals surface area contributed by atoms with E-state index in [2.05, 4.69) is 10.1 Å². The molecule has 0 saturated carbocycles. The molecular formula is C14H12N4O3S. The van der Waals surface area contributed by atoms with Gasteiger partial charge in [-0.05, 0) is 24.4 Å². The third kappa shape index (κ3) is 2.68. The van der Waals surface area contributed by atoms with E-state index in [9.17, 15) is 9.59 Å². The highest BCUT2D eigenvalue weighted by molar-refractivity contribution is 7.13. The lowest BCUT2D eigenvalue weighted by atomic mass is 10.3. The fourth-order valence-corrected chi connectivity index (χ4v) is 2.56. The largest absolute Gasteiger partial charge is 0.440 e. The maximum Gasteiger partial charge on any atom is 0.269 e. The predicted molar refractivity (Wildman–Crippen MR) is 80.7 cm³/mol. The van der Waals surface area contributed by atoms with E-state index in [0.29, 0.717) is 17.3 Å². The standard InChI is InChI=1S/C14H12N4O3S/c1-8-10(16-14(21-8)11-3-2-6-22-11)7-18-12(19)5-4-9(17-18)13(15)20/h2-6H,7H2,1H3,(H2,15,20). The number of carbonyl (C=O) groups excluding carboxylic acids is 1. The number of aromatic nitrogens is 3. The summed E-state index contributed by atoms with van der Waals surface area (Å²) in [6, 6.07) is 6.36. The molecule has 3 heterocycles. The Balaban J connectivity index is 1.95. The topological polar surface area (TPSA) is 104 Å². The predicted octanol–water partition coefficient (Wildman–Crippen LogP) is 1.42. The molecule has 3 rings (SSSR count). The Morgan fingerprint density at radius 3 is 2.91 bits per heavy atom. The minimum atomic E-state index is -0.690. The molecule has 0 unspecified atom stereocenters. The molecule has 0 atom stereocenters. The van der Waals surface area contributed by atoms with Gasteiger partial charge >= 0.3 is 0 Å². The van der Waals surface area contributed by atoms with Gasteiger partial charge in [-0.1, -0.05) is 6.07 Å². The molecule has 8 heteroatoms.